The van der Waals surface area contributed by atoms with Gasteiger partial charge in [0, 0.05) is 11.3 Å². The van der Waals surface area contributed by atoms with Crippen molar-refractivity contribution in [2.75, 3.05) is 6.54 Å². The molecule has 0 aromatic heterocycles. The normalized spacial score (nSPS) is 23.8. The SMILES string of the molecule is CCC1CN=C(NC(C)CC(C)C)S1. The van der Waals surface area contributed by atoms with Gasteiger partial charge in [0.15, 0.2) is 5.17 Å². The average Bonchev–Trinajstić information content (AvgIpc) is 2.50. The van der Waals surface area contributed by atoms with Gasteiger partial charge >= 0.3 is 0 Å². The zero-order chi connectivity index (χ0) is 10.6. The van der Waals surface area contributed by atoms with E-state index in [1.807, 2.05) is 11.8 Å². The van der Waals surface area contributed by atoms with Crippen LogP contribution in [0.1, 0.15) is 40.5 Å². The summed E-state index contributed by atoms with van der Waals surface area (Å²) in [6, 6.07) is 0.553. The second-order valence-electron chi connectivity index (χ2n) is 4.47. The molecule has 1 rings (SSSR count). The predicted molar refractivity (Wildman–Crippen MR) is 66.0 cm³/mol. The van der Waals surface area contributed by atoms with Crippen LogP contribution in [0.15, 0.2) is 4.99 Å². The zero-order valence-electron chi connectivity index (χ0n) is 9.71. The van der Waals surface area contributed by atoms with Crippen molar-refractivity contribution >= 4 is 16.9 Å². The molecule has 1 N–H and O–H groups in total. The Kier molecular flexibility index (Phi) is 4.79. The molecule has 2 nitrogen and oxygen atoms in total. The third kappa shape index (κ3) is 3.91. The molecule has 0 fully saturated rings. The van der Waals surface area contributed by atoms with E-state index >= 15 is 0 Å². The number of aliphatic imine (C=N–C) groups is 1. The minimum Gasteiger partial charge on any atom is -0.362 e. The summed E-state index contributed by atoms with van der Waals surface area (Å²) >= 11 is 1.90. The molecule has 2 unspecified atom stereocenters. The molecule has 0 saturated carbocycles. The van der Waals surface area contributed by atoms with Crippen molar-refractivity contribution in [2.24, 2.45) is 10.9 Å². The highest BCUT2D eigenvalue weighted by molar-refractivity contribution is 8.14. The molecule has 2 atom stereocenters. The summed E-state index contributed by atoms with van der Waals surface area (Å²) < 4.78 is 0. The molecule has 0 saturated heterocycles. The number of hydrogen-bond donors (Lipinski definition) is 1. The van der Waals surface area contributed by atoms with Crippen molar-refractivity contribution < 1.29 is 0 Å². The van der Waals surface area contributed by atoms with Crippen molar-refractivity contribution in [2.45, 2.75) is 51.8 Å². The van der Waals surface area contributed by atoms with Gasteiger partial charge in [-0.05, 0) is 25.7 Å². The Bertz CT molecular complexity index is 201. The second kappa shape index (κ2) is 5.64. The number of rotatable bonds is 4. The Hall–Kier alpha value is -0.180. The highest BCUT2D eigenvalue weighted by Crippen LogP contribution is 2.22. The first kappa shape index (κ1) is 11.9. The third-order valence-electron chi connectivity index (χ3n) is 2.37. The molecule has 82 valence electrons. The number of thioether (sulfide) groups is 1. The lowest BCUT2D eigenvalue weighted by Gasteiger charge is -2.16. The summed E-state index contributed by atoms with van der Waals surface area (Å²) in [5.41, 5.74) is 0. The average molecular weight is 214 g/mol. The Balaban J connectivity index is 2.25. The molecule has 1 heterocycles. The summed E-state index contributed by atoms with van der Waals surface area (Å²) in [5.74, 6) is 0.756. The van der Waals surface area contributed by atoms with Crippen molar-refractivity contribution in [3.63, 3.8) is 0 Å². The molecular formula is C11H22N2S. The predicted octanol–water partition coefficient (Wildman–Crippen LogP) is 2.89. The van der Waals surface area contributed by atoms with E-state index in [4.69, 9.17) is 0 Å². The van der Waals surface area contributed by atoms with Crippen LogP contribution in [0.5, 0.6) is 0 Å². The van der Waals surface area contributed by atoms with E-state index in [1.54, 1.807) is 0 Å². The van der Waals surface area contributed by atoms with Crippen LogP contribution in [-0.2, 0) is 0 Å². The topological polar surface area (TPSA) is 24.4 Å². The molecule has 14 heavy (non-hydrogen) atoms. The number of nitrogens with zero attached hydrogens (tertiary/aromatic N) is 1. The van der Waals surface area contributed by atoms with Crippen molar-refractivity contribution in [1.29, 1.82) is 0 Å². The first-order valence-electron chi connectivity index (χ1n) is 5.59. The van der Waals surface area contributed by atoms with Gasteiger partial charge in [0.2, 0.25) is 0 Å². The molecule has 1 aliphatic rings. The maximum atomic E-state index is 4.50. The Morgan fingerprint density at radius 3 is 2.71 bits per heavy atom. The summed E-state index contributed by atoms with van der Waals surface area (Å²) in [7, 11) is 0. The standard InChI is InChI=1S/C11H22N2S/c1-5-10-7-12-11(14-10)13-9(4)6-8(2)3/h8-10H,5-7H2,1-4H3,(H,12,13). The minimum absolute atomic E-state index is 0.553. The van der Waals surface area contributed by atoms with Crippen LogP contribution in [0, 0.1) is 5.92 Å². The van der Waals surface area contributed by atoms with Crippen LogP contribution in [0.2, 0.25) is 0 Å². The summed E-state index contributed by atoms with van der Waals surface area (Å²) in [6.45, 7) is 9.99. The Morgan fingerprint density at radius 2 is 2.21 bits per heavy atom. The van der Waals surface area contributed by atoms with Crippen LogP contribution < -0.4 is 5.32 Å². The fraction of sp³-hybridized carbons (Fsp3) is 0.909. The fourth-order valence-electron chi connectivity index (χ4n) is 1.69. The lowest BCUT2D eigenvalue weighted by atomic mass is 10.1. The Labute approximate surface area is 92.0 Å². The Morgan fingerprint density at radius 1 is 1.50 bits per heavy atom. The van der Waals surface area contributed by atoms with Crippen molar-refractivity contribution in [3.8, 4) is 0 Å². The highest BCUT2D eigenvalue weighted by Gasteiger charge is 2.18. The molecule has 0 spiro atoms. The van der Waals surface area contributed by atoms with E-state index in [0.717, 1.165) is 17.6 Å². The number of nitrogens with one attached hydrogen (secondary N) is 1. The van der Waals surface area contributed by atoms with E-state index < -0.39 is 0 Å². The van der Waals surface area contributed by atoms with Gasteiger partial charge in [-0.2, -0.15) is 0 Å². The maximum Gasteiger partial charge on any atom is 0.157 e. The van der Waals surface area contributed by atoms with Gasteiger partial charge in [-0.3, -0.25) is 4.99 Å². The van der Waals surface area contributed by atoms with E-state index in [-0.39, 0.29) is 0 Å². The third-order valence-corrected chi connectivity index (χ3v) is 3.65. The van der Waals surface area contributed by atoms with Gasteiger partial charge in [0.25, 0.3) is 0 Å². The fourth-order valence-corrected chi connectivity index (χ4v) is 2.74. The summed E-state index contributed by atoms with van der Waals surface area (Å²) in [5, 5.41) is 5.36. The smallest absolute Gasteiger partial charge is 0.157 e. The molecule has 0 amide bonds. The quantitative estimate of drug-likeness (QED) is 0.778. The van der Waals surface area contributed by atoms with Crippen molar-refractivity contribution in [1.82, 2.24) is 5.32 Å². The van der Waals surface area contributed by atoms with Crippen molar-refractivity contribution in [3.05, 3.63) is 0 Å². The molecule has 3 heteroatoms. The molecule has 0 bridgehead atoms. The van der Waals surface area contributed by atoms with Crippen LogP contribution in [-0.4, -0.2) is 23.0 Å². The summed E-state index contributed by atoms with van der Waals surface area (Å²) in [6.07, 6.45) is 2.44. The molecule has 0 aliphatic carbocycles. The number of hydrogen-bond acceptors (Lipinski definition) is 3. The van der Waals surface area contributed by atoms with E-state index in [1.165, 1.54) is 12.8 Å². The van der Waals surface area contributed by atoms with Gasteiger partial charge in [0.1, 0.15) is 0 Å². The van der Waals surface area contributed by atoms with Gasteiger partial charge in [-0.1, -0.05) is 32.5 Å². The minimum atomic E-state index is 0.553. The summed E-state index contributed by atoms with van der Waals surface area (Å²) in [4.78, 5) is 4.50. The van der Waals surface area contributed by atoms with E-state index in [2.05, 4.69) is 38.0 Å². The largest absolute Gasteiger partial charge is 0.362 e. The zero-order valence-corrected chi connectivity index (χ0v) is 10.5. The van der Waals surface area contributed by atoms with Crippen LogP contribution in [0.3, 0.4) is 0 Å². The molecule has 0 aromatic carbocycles. The second-order valence-corrected chi connectivity index (χ2v) is 5.76. The highest BCUT2D eigenvalue weighted by atomic mass is 32.2. The maximum absolute atomic E-state index is 4.50. The lowest BCUT2D eigenvalue weighted by molar-refractivity contribution is 0.492. The van der Waals surface area contributed by atoms with E-state index in [9.17, 15) is 0 Å². The van der Waals surface area contributed by atoms with Crippen LogP contribution >= 0.6 is 11.8 Å². The molecule has 0 aromatic rings. The van der Waals surface area contributed by atoms with Gasteiger partial charge in [0.05, 0.1) is 6.54 Å². The first-order valence-corrected chi connectivity index (χ1v) is 6.47. The van der Waals surface area contributed by atoms with Gasteiger partial charge < -0.3 is 5.32 Å². The molecule has 0 radical (unpaired) electrons. The monoisotopic (exact) mass is 214 g/mol. The van der Waals surface area contributed by atoms with Crippen LogP contribution in [0.4, 0.5) is 0 Å². The van der Waals surface area contributed by atoms with Gasteiger partial charge in [-0.15, -0.1) is 0 Å². The molecular weight excluding hydrogens is 192 g/mol. The van der Waals surface area contributed by atoms with Gasteiger partial charge in [-0.25, -0.2) is 0 Å². The first-order chi connectivity index (χ1) is 6.61. The number of amidine groups is 1. The van der Waals surface area contributed by atoms with Crippen LogP contribution in [0.25, 0.3) is 0 Å². The lowest BCUT2D eigenvalue weighted by Crippen LogP contribution is -2.31. The molecule has 1 aliphatic heterocycles. The van der Waals surface area contributed by atoms with E-state index in [0.29, 0.717) is 11.3 Å².